The summed E-state index contributed by atoms with van der Waals surface area (Å²) in [5.74, 6) is -0.118. The first-order chi connectivity index (χ1) is 17.6. The van der Waals surface area contributed by atoms with Gasteiger partial charge in [0.15, 0.2) is 10.8 Å². The second-order valence-corrected chi connectivity index (χ2v) is 9.96. The van der Waals surface area contributed by atoms with E-state index in [0.29, 0.717) is 53.9 Å². The van der Waals surface area contributed by atoms with Crippen LogP contribution in [0.3, 0.4) is 0 Å². The zero-order valence-electron chi connectivity index (χ0n) is 19.5. The second-order valence-electron chi connectivity index (χ2n) is 9.06. The highest BCUT2D eigenvalue weighted by Gasteiger charge is 2.37. The normalized spacial score (nSPS) is 16.8. The van der Waals surface area contributed by atoms with Gasteiger partial charge in [-0.25, -0.2) is 4.98 Å². The van der Waals surface area contributed by atoms with Crippen molar-refractivity contribution in [1.29, 1.82) is 0 Å². The van der Waals surface area contributed by atoms with Gasteiger partial charge in [-0.1, -0.05) is 6.07 Å². The molecular weight excluding hydrogens is 476 g/mol. The summed E-state index contributed by atoms with van der Waals surface area (Å²) in [6, 6.07) is 9.22. The molecule has 4 aromatic rings. The van der Waals surface area contributed by atoms with Crippen molar-refractivity contribution in [3.05, 3.63) is 82.2 Å². The monoisotopic (exact) mass is 500 g/mol. The van der Waals surface area contributed by atoms with Gasteiger partial charge in [-0.05, 0) is 24.3 Å². The lowest BCUT2D eigenvalue weighted by Gasteiger charge is -2.48. The maximum atomic E-state index is 13.1. The van der Waals surface area contributed by atoms with E-state index in [9.17, 15) is 14.4 Å². The lowest BCUT2D eigenvalue weighted by atomic mass is 10.0. The second kappa shape index (κ2) is 9.29. The number of amides is 2. The van der Waals surface area contributed by atoms with E-state index < -0.39 is 0 Å². The first-order valence-electron chi connectivity index (χ1n) is 11.9. The smallest absolute Gasteiger partial charge is 0.282 e. The molecule has 0 aliphatic carbocycles. The van der Waals surface area contributed by atoms with Crippen LogP contribution < -0.4 is 0 Å². The van der Waals surface area contributed by atoms with Crippen molar-refractivity contribution in [2.24, 2.45) is 0 Å². The van der Waals surface area contributed by atoms with Gasteiger partial charge < -0.3 is 14.8 Å². The Balaban J connectivity index is 1.06. The molecule has 0 atom stereocenters. The van der Waals surface area contributed by atoms with Crippen LogP contribution in [0, 0.1) is 0 Å². The number of pyridine rings is 1. The summed E-state index contributed by atoms with van der Waals surface area (Å²) in [7, 11) is 0. The lowest BCUT2D eigenvalue weighted by Crippen LogP contribution is -2.64. The molecule has 2 fully saturated rings. The van der Waals surface area contributed by atoms with Crippen molar-refractivity contribution >= 4 is 39.8 Å². The largest absolute Gasteiger partial charge is 0.360 e. The number of nitrogens with zero attached hydrogens (tertiary/aromatic N) is 5. The summed E-state index contributed by atoms with van der Waals surface area (Å²) < 4.78 is 0. The summed E-state index contributed by atoms with van der Waals surface area (Å²) in [4.78, 5) is 55.8. The van der Waals surface area contributed by atoms with Crippen LogP contribution in [0.25, 0.3) is 10.9 Å². The zero-order chi connectivity index (χ0) is 24.6. The molecule has 1 N–H and O–H groups in total. The molecule has 6 rings (SSSR count). The Morgan fingerprint density at radius 1 is 0.944 bits per heavy atom. The van der Waals surface area contributed by atoms with Gasteiger partial charge >= 0.3 is 0 Å². The molecule has 2 aliphatic heterocycles. The third-order valence-electron chi connectivity index (χ3n) is 6.98. The minimum atomic E-state index is -0.104. The van der Waals surface area contributed by atoms with Crippen LogP contribution in [0.4, 0.5) is 0 Å². The minimum absolute atomic E-state index is 0.0000604. The molecule has 2 aliphatic rings. The van der Waals surface area contributed by atoms with Crippen LogP contribution in [0.5, 0.6) is 0 Å². The first kappa shape index (κ1) is 22.6. The molecule has 5 heterocycles. The molecule has 3 aromatic heterocycles. The van der Waals surface area contributed by atoms with E-state index in [4.69, 9.17) is 0 Å². The van der Waals surface area contributed by atoms with Crippen molar-refractivity contribution < 1.29 is 14.4 Å². The van der Waals surface area contributed by atoms with E-state index in [2.05, 4.69) is 19.9 Å². The highest BCUT2D eigenvalue weighted by molar-refractivity contribution is 7.11. The van der Waals surface area contributed by atoms with E-state index in [1.165, 1.54) is 11.3 Å². The topological polar surface area (TPSA) is 102 Å². The predicted octanol–water partition coefficient (Wildman–Crippen LogP) is 2.53. The maximum absolute atomic E-state index is 13.1. The average Bonchev–Trinajstić information content (AvgIpc) is 3.58. The van der Waals surface area contributed by atoms with E-state index in [1.807, 2.05) is 27.3 Å². The van der Waals surface area contributed by atoms with Gasteiger partial charge in [0.25, 0.3) is 11.8 Å². The number of hydrogen-bond acceptors (Lipinski definition) is 7. The quantitative estimate of drug-likeness (QED) is 0.423. The number of benzene rings is 1. The lowest BCUT2D eigenvalue weighted by molar-refractivity contribution is 0.00853. The van der Waals surface area contributed by atoms with Crippen molar-refractivity contribution in [2.75, 3.05) is 39.3 Å². The van der Waals surface area contributed by atoms with Crippen molar-refractivity contribution in [1.82, 2.24) is 29.7 Å². The van der Waals surface area contributed by atoms with Gasteiger partial charge in [-0.3, -0.25) is 24.3 Å². The van der Waals surface area contributed by atoms with Gasteiger partial charge in [-0.2, -0.15) is 0 Å². The number of nitrogens with one attached hydrogen (secondary N) is 1. The molecule has 36 heavy (non-hydrogen) atoms. The fraction of sp³-hybridized carbons (Fsp3) is 0.269. The van der Waals surface area contributed by atoms with Crippen LogP contribution in [0.1, 0.15) is 36.1 Å². The third kappa shape index (κ3) is 4.08. The molecule has 1 aromatic carbocycles. The number of carbonyl (C=O) groups is 3. The van der Waals surface area contributed by atoms with Gasteiger partial charge in [-0.15, -0.1) is 11.3 Å². The van der Waals surface area contributed by atoms with Crippen LogP contribution in [-0.4, -0.2) is 92.6 Å². The molecule has 10 heteroatoms. The molecule has 0 bridgehead atoms. The predicted molar refractivity (Wildman–Crippen MR) is 135 cm³/mol. The summed E-state index contributed by atoms with van der Waals surface area (Å²) in [6.07, 6.45) is 6.53. The van der Waals surface area contributed by atoms with E-state index in [-0.39, 0.29) is 17.6 Å². The number of H-pyrrole nitrogens is 1. The number of rotatable bonds is 5. The maximum Gasteiger partial charge on any atom is 0.282 e. The SMILES string of the molecule is O=C(c1cccnc1)c1c[nH]c2cc(C(=O)N3CC(N4CCN(C(=O)c5nccs5)CC4)C3)ccc12. The molecule has 9 nitrogen and oxygen atoms in total. The van der Waals surface area contributed by atoms with Crippen molar-refractivity contribution in [3.8, 4) is 0 Å². The molecule has 0 spiro atoms. The van der Waals surface area contributed by atoms with Crippen LogP contribution in [0.2, 0.25) is 0 Å². The Bertz CT molecular complexity index is 1420. The molecule has 0 radical (unpaired) electrons. The fourth-order valence-electron chi connectivity index (χ4n) is 4.89. The van der Waals surface area contributed by atoms with Gasteiger partial charge in [0.05, 0.1) is 0 Å². The number of fused-ring (bicyclic) bond motifs is 1. The van der Waals surface area contributed by atoms with Crippen LogP contribution >= 0.6 is 11.3 Å². The number of carbonyl (C=O) groups excluding carboxylic acids is 3. The molecule has 0 saturated carbocycles. The van der Waals surface area contributed by atoms with Crippen LogP contribution in [0.15, 0.2) is 60.5 Å². The van der Waals surface area contributed by atoms with Crippen molar-refractivity contribution in [3.63, 3.8) is 0 Å². The summed E-state index contributed by atoms with van der Waals surface area (Å²) >= 11 is 1.37. The third-order valence-corrected chi connectivity index (χ3v) is 7.74. The Hall–Kier alpha value is -3.89. The molecule has 182 valence electrons. The summed E-state index contributed by atoms with van der Waals surface area (Å²) in [5.41, 5.74) is 2.44. The number of aromatic nitrogens is 3. The number of aromatic amines is 1. The number of ketones is 1. The summed E-state index contributed by atoms with van der Waals surface area (Å²) in [5, 5.41) is 3.14. The number of likely N-dealkylation sites (tertiary alicyclic amines) is 1. The molecule has 2 amide bonds. The molecule has 2 saturated heterocycles. The van der Waals surface area contributed by atoms with Gasteiger partial charge in [0.1, 0.15) is 0 Å². The Morgan fingerprint density at radius 3 is 2.50 bits per heavy atom. The van der Waals surface area contributed by atoms with Crippen LogP contribution in [-0.2, 0) is 0 Å². The Morgan fingerprint density at radius 2 is 1.78 bits per heavy atom. The van der Waals surface area contributed by atoms with Crippen molar-refractivity contribution in [2.45, 2.75) is 6.04 Å². The highest BCUT2D eigenvalue weighted by Crippen LogP contribution is 2.25. The zero-order valence-corrected chi connectivity index (χ0v) is 20.3. The van der Waals surface area contributed by atoms with Gasteiger partial charge in [0, 0.05) is 103 Å². The Labute approximate surface area is 211 Å². The van der Waals surface area contributed by atoms with E-state index in [0.717, 1.165) is 24.0 Å². The minimum Gasteiger partial charge on any atom is -0.360 e. The highest BCUT2D eigenvalue weighted by atomic mass is 32.1. The van der Waals surface area contributed by atoms with Gasteiger partial charge in [0.2, 0.25) is 0 Å². The number of hydrogen-bond donors (Lipinski definition) is 1. The first-order valence-corrected chi connectivity index (χ1v) is 12.7. The number of thiazole rings is 1. The Kier molecular flexibility index (Phi) is 5.82. The van der Waals surface area contributed by atoms with E-state index in [1.54, 1.807) is 43.0 Å². The molecular formula is C26H24N6O3S. The summed E-state index contributed by atoms with van der Waals surface area (Å²) in [6.45, 7) is 4.29. The average molecular weight is 501 g/mol. The fourth-order valence-corrected chi connectivity index (χ4v) is 5.49. The number of piperazine rings is 1. The standard InChI is InChI=1S/C26H24N6O3S/c33-23(18-2-1-5-27-13-18)21-14-29-22-12-17(3-4-20(21)22)25(34)32-15-19(16-32)30-7-9-31(10-8-30)26(35)24-28-6-11-36-24/h1-6,11-14,19,29H,7-10,15-16H2. The molecule has 0 unspecified atom stereocenters. The van der Waals surface area contributed by atoms with E-state index >= 15 is 0 Å².